The van der Waals surface area contributed by atoms with Crippen LogP contribution in [0.2, 0.25) is 0 Å². The van der Waals surface area contributed by atoms with Crippen molar-refractivity contribution in [3.8, 4) is 11.5 Å². The van der Waals surface area contributed by atoms with Crippen molar-refractivity contribution in [1.29, 1.82) is 0 Å². The number of nitrogens with zero attached hydrogens (tertiary/aromatic N) is 6. The van der Waals surface area contributed by atoms with Crippen LogP contribution in [-0.4, -0.2) is 34.1 Å². The molecule has 0 unspecified atom stereocenters. The van der Waals surface area contributed by atoms with Crippen molar-refractivity contribution in [3.05, 3.63) is 27.0 Å². The average molecular weight is 273 g/mol. The quantitative estimate of drug-likeness (QED) is 0.618. The van der Waals surface area contributed by atoms with Gasteiger partial charge in [-0.3, -0.25) is 13.9 Å². The molecular weight excluding hydrogens is 262 g/mol. The van der Waals surface area contributed by atoms with Crippen molar-refractivity contribution in [2.45, 2.75) is 19.5 Å². The van der Waals surface area contributed by atoms with Crippen molar-refractivity contribution in [1.82, 2.24) is 34.1 Å². The van der Waals surface area contributed by atoms with Gasteiger partial charge in [0, 0.05) is 20.1 Å². The smallest absolute Gasteiger partial charge is 0.308 e. The van der Waals surface area contributed by atoms with Gasteiger partial charge in [0.15, 0.2) is 17.0 Å². The van der Waals surface area contributed by atoms with Crippen LogP contribution in [0, 0.1) is 0 Å². The fourth-order valence-electron chi connectivity index (χ4n) is 2.68. The summed E-state index contributed by atoms with van der Waals surface area (Å²) in [4.78, 5) is 28.7. The number of imidazole rings is 1. The van der Waals surface area contributed by atoms with Gasteiger partial charge in [0.05, 0.1) is 6.20 Å². The molecule has 0 saturated heterocycles. The molecule has 102 valence electrons. The Labute approximate surface area is 111 Å². The normalized spacial score (nSPS) is 14.1. The molecule has 1 N–H and O–H groups in total. The summed E-state index contributed by atoms with van der Waals surface area (Å²) in [6.45, 7) is 1.29. The van der Waals surface area contributed by atoms with Gasteiger partial charge in [0.25, 0.3) is 5.56 Å². The maximum atomic E-state index is 12.2. The molecule has 0 aromatic carbocycles. The molecule has 1 aliphatic rings. The molecule has 4 heterocycles. The Morgan fingerprint density at radius 3 is 2.80 bits per heavy atom. The fourth-order valence-corrected chi connectivity index (χ4v) is 2.68. The number of nitrogens with one attached hydrogen (secondary N) is 1. The second-order valence-electron chi connectivity index (χ2n) is 4.77. The lowest BCUT2D eigenvalue weighted by molar-refractivity contribution is 0.499. The van der Waals surface area contributed by atoms with Crippen molar-refractivity contribution >= 4 is 11.2 Å². The Morgan fingerprint density at radius 2 is 2.05 bits per heavy atom. The second kappa shape index (κ2) is 3.65. The first-order valence-corrected chi connectivity index (χ1v) is 6.24. The largest absolute Gasteiger partial charge is 0.332 e. The predicted molar refractivity (Wildman–Crippen MR) is 69.2 cm³/mol. The Hall–Kier alpha value is -2.71. The monoisotopic (exact) mass is 273 g/mol. The molecule has 4 rings (SSSR count). The van der Waals surface area contributed by atoms with Gasteiger partial charge in [0.1, 0.15) is 5.69 Å². The minimum atomic E-state index is -0.383. The van der Waals surface area contributed by atoms with Crippen LogP contribution in [0.15, 0.2) is 15.8 Å². The summed E-state index contributed by atoms with van der Waals surface area (Å²) in [6.07, 6.45) is 2.35. The van der Waals surface area contributed by atoms with Crippen LogP contribution in [0.4, 0.5) is 0 Å². The van der Waals surface area contributed by atoms with E-state index in [2.05, 4.69) is 20.4 Å². The molecule has 0 aliphatic carbocycles. The van der Waals surface area contributed by atoms with E-state index in [1.807, 2.05) is 4.57 Å². The zero-order valence-corrected chi connectivity index (χ0v) is 10.7. The average Bonchev–Trinajstić information content (AvgIpc) is 3.10. The van der Waals surface area contributed by atoms with Crippen molar-refractivity contribution in [2.24, 2.45) is 7.05 Å². The molecule has 9 nitrogen and oxygen atoms in total. The highest BCUT2D eigenvalue weighted by atomic mass is 16.2. The SMILES string of the molecule is Cn1c(=O)c2nc(-c3cn[nH]n3)n3c2n(c1=O)CCC3. The molecule has 3 aromatic heterocycles. The van der Waals surface area contributed by atoms with E-state index in [9.17, 15) is 9.59 Å². The molecule has 3 aromatic rings. The van der Waals surface area contributed by atoms with Gasteiger partial charge >= 0.3 is 5.69 Å². The van der Waals surface area contributed by atoms with E-state index in [0.717, 1.165) is 11.0 Å². The highest BCUT2D eigenvalue weighted by Gasteiger charge is 2.24. The number of aromatic amines is 1. The van der Waals surface area contributed by atoms with Gasteiger partial charge in [-0.15, -0.1) is 0 Å². The molecule has 0 amide bonds. The lowest BCUT2D eigenvalue weighted by Crippen LogP contribution is -2.40. The summed E-state index contributed by atoms with van der Waals surface area (Å²) in [5, 5.41) is 10.3. The van der Waals surface area contributed by atoms with E-state index in [1.54, 1.807) is 10.8 Å². The first-order valence-electron chi connectivity index (χ1n) is 6.24. The van der Waals surface area contributed by atoms with Crippen molar-refractivity contribution in [2.75, 3.05) is 0 Å². The standard InChI is InChI=1S/C11H11N7O2/c1-16-10(19)7-9-17(3-2-4-18(9)11(16)20)8(13-7)6-5-12-15-14-6/h5H,2-4H2,1H3,(H,12,14,15). The van der Waals surface area contributed by atoms with Crippen molar-refractivity contribution in [3.63, 3.8) is 0 Å². The van der Waals surface area contributed by atoms with Crippen LogP contribution in [0.1, 0.15) is 6.42 Å². The third-order valence-electron chi connectivity index (χ3n) is 3.63. The molecule has 0 fully saturated rings. The van der Waals surface area contributed by atoms with Gasteiger partial charge in [-0.2, -0.15) is 15.4 Å². The molecule has 9 heteroatoms. The van der Waals surface area contributed by atoms with Gasteiger partial charge in [-0.05, 0) is 6.42 Å². The van der Waals surface area contributed by atoms with Gasteiger partial charge < -0.3 is 4.57 Å². The molecule has 0 bridgehead atoms. The van der Waals surface area contributed by atoms with Crippen LogP contribution < -0.4 is 11.2 Å². The lowest BCUT2D eigenvalue weighted by atomic mass is 10.3. The van der Waals surface area contributed by atoms with E-state index in [-0.39, 0.29) is 11.2 Å². The number of H-pyrrole nitrogens is 1. The van der Waals surface area contributed by atoms with Gasteiger partial charge in [-0.25, -0.2) is 9.78 Å². The Kier molecular flexibility index (Phi) is 2.04. The molecule has 1 aliphatic heterocycles. The highest BCUT2D eigenvalue weighted by molar-refractivity contribution is 5.76. The summed E-state index contributed by atoms with van der Waals surface area (Å²) in [5.41, 5.74) is 0.734. The third-order valence-corrected chi connectivity index (χ3v) is 3.63. The van der Waals surface area contributed by atoms with E-state index in [1.165, 1.54) is 7.05 Å². The summed E-state index contributed by atoms with van der Waals surface area (Å²) in [5.74, 6) is 0.560. The second-order valence-corrected chi connectivity index (χ2v) is 4.77. The maximum absolute atomic E-state index is 12.2. The number of hydrogen-bond donors (Lipinski definition) is 1. The summed E-state index contributed by atoms with van der Waals surface area (Å²) >= 11 is 0. The summed E-state index contributed by atoms with van der Waals surface area (Å²) in [7, 11) is 1.47. The third kappa shape index (κ3) is 1.23. The van der Waals surface area contributed by atoms with Crippen molar-refractivity contribution < 1.29 is 0 Å². The minimum Gasteiger partial charge on any atom is -0.308 e. The van der Waals surface area contributed by atoms with Gasteiger partial charge in [0.2, 0.25) is 0 Å². The molecule has 0 saturated carbocycles. The number of rotatable bonds is 1. The number of aromatic nitrogens is 7. The lowest BCUT2D eigenvalue weighted by Gasteiger charge is -2.18. The molecule has 20 heavy (non-hydrogen) atoms. The topological polar surface area (TPSA) is 103 Å². The first kappa shape index (κ1) is 11.1. The zero-order chi connectivity index (χ0) is 13.9. The van der Waals surface area contributed by atoms with Gasteiger partial charge in [-0.1, -0.05) is 0 Å². The van der Waals surface area contributed by atoms with E-state index in [0.29, 0.717) is 35.8 Å². The Bertz CT molecular complexity index is 928. The summed E-state index contributed by atoms with van der Waals surface area (Å²) in [6, 6.07) is 0. The number of hydrogen-bond acceptors (Lipinski definition) is 5. The van der Waals surface area contributed by atoms with Crippen LogP contribution in [0.5, 0.6) is 0 Å². The molecule has 0 atom stereocenters. The molecule has 0 radical (unpaired) electrons. The maximum Gasteiger partial charge on any atom is 0.332 e. The number of aryl methyl sites for hydroxylation is 2. The highest BCUT2D eigenvalue weighted by Crippen LogP contribution is 2.23. The van der Waals surface area contributed by atoms with Crippen LogP contribution in [0.3, 0.4) is 0 Å². The molecule has 0 spiro atoms. The Balaban J connectivity index is 2.22. The van der Waals surface area contributed by atoms with Crippen LogP contribution in [0.25, 0.3) is 22.7 Å². The Morgan fingerprint density at radius 1 is 1.25 bits per heavy atom. The van der Waals surface area contributed by atoms with Crippen LogP contribution in [-0.2, 0) is 20.1 Å². The fraction of sp³-hybridized carbons (Fsp3) is 0.364. The predicted octanol–water partition coefficient (Wildman–Crippen LogP) is -0.915. The van der Waals surface area contributed by atoms with E-state index >= 15 is 0 Å². The van der Waals surface area contributed by atoms with Crippen LogP contribution >= 0.6 is 0 Å². The first-order chi connectivity index (χ1) is 9.68. The summed E-state index contributed by atoms with van der Waals surface area (Å²) < 4.78 is 4.55. The minimum absolute atomic E-state index is 0.296. The van der Waals surface area contributed by atoms with E-state index < -0.39 is 0 Å². The molecular formula is C11H11N7O2. The zero-order valence-electron chi connectivity index (χ0n) is 10.7. The van der Waals surface area contributed by atoms with E-state index in [4.69, 9.17) is 0 Å².